The van der Waals surface area contributed by atoms with E-state index in [1.165, 1.54) is 11.9 Å². The number of hydrogen-bond donors (Lipinski definition) is 1. The first kappa shape index (κ1) is 17.1. The zero-order valence-corrected chi connectivity index (χ0v) is 12.6. The molecular formula is C13H16FNO5S. The highest BCUT2D eigenvalue weighted by Gasteiger charge is 2.26. The van der Waals surface area contributed by atoms with Crippen LogP contribution in [0.4, 0.5) is 4.39 Å². The zero-order chi connectivity index (χ0) is 16.4. The van der Waals surface area contributed by atoms with Gasteiger partial charge in [-0.05, 0) is 32.0 Å². The number of rotatable bonds is 5. The first-order valence-corrected chi connectivity index (χ1v) is 7.72. The molecule has 0 saturated heterocycles. The minimum atomic E-state index is -4.25. The Balaban J connectivity index is 3.17. The molecule has 0 aliphatic rings. The number of halogens is 1. The van der Waals surface area contributed by atoms with E-state index < -0.39 is 38.2 Å². The summed E-state index contributed by atoms with van der Waals surface area (Å²) in [6, 6.07) is 2.23. The predicted molar refractivity (Wildman–Crippen MR) is 73.3 cm³/mol. The molecule has 1 amide bonds. The molecule has 21 heavy (non-hydrogen) atoms. The fourth-order valence-corrected chi connectivity index (χ4v) is 2.86. The normalized spacial score (nSPS) is 11.5. The topological polar surface area (TPSA) is 91.8 Å². The molecule has 0 spiro atoms. The maximum Gasteiger partial charge on any atom is 0.335 e. The van der Waals surface area contributed by atoms with Gasteiger partial charge in [-0.3, -0.25) is 4.79 Å². The molecule has 1 N–H and O–H groups in total. The van der Waals surface area contributed by atoms with Crippen molar-refractivity contribution >= 4 is 21.7 Å². The monoisotopic (exact) mass is 317 g/mol. The molecule has 0 aliphatic carbocycles. The van der Waals surface area contributed by atoms with Crippen LogP contribution in [-0.2, 0) is 14.6 Å². The average molecular weight is 317 g/mol. The summed E-state index contributed by atoms with van der Waals surface area (Å²) < 4.78 is 37.8. The van der Waals surface area contributed by atoms with Gasteiger partial charge >= 0.3 is 5.97 Å². The van der Waals surface area contributed by atoms with Gasteiger partial charge in [0, 0.05) is 13.1 Å². The highest BCUT2D eigenvalue weighted by atomic mass is 32.2. The summed E-state index contributed by atoms with van der Waals surface area (Å²) in [4.78, 5) is 23.1. The van der Waals surface area contributed by atoms with Crippen molar-refractivity contribution < 1.29 is 27.5 Å². The SMILES string of the molecule is CC(C)N(C)C(=O)CS(=O)(=O)c1cc(C(=O)O)ccc1F. The van der Waals surface area contributed by atoms with Crippen molar-refractivity contribution in [1.29, 1.82) is 0 Å². The van der Waals surface area contributed by atoms with Gasteiger partial charge in [0.15, 0.2) is 9.84 Å². The van der Waals surface area contributed by atoms with Crippen molar-refractivity contribution in [2.45, 2.75) is 24.8 Å². The number of carbonyl (C=O) groups excluding carboxylic acids is 1. The van der Waals surface area contributed by atoms with E-state index in [0.29, 0.717) is 0 Å². The van der Waals surface area contributed by atoms with Crippen molar-refractivity contribution in [2.24, 2.45) is 0 Å². The van der Waals surface area contributed by atoms with Crippen molar-refractivity contribution in [2.75, 3.05) is 12.8 Å². The van der Waals surface area contributed by atoms with Crippen LogP contribution in [0.3, 0.4) is 0 Å². The fraction of sp³-hybridized carbons (Fsp3) is 0.385. The van der Waals surface area contributed by atoms with Gasteiger partial charge in [-0.2, -0.15) is 0 Å². The van der Waals surface area contributed by atoms with Crippen molar-refractivity contribution in [1.82, 2.24) is 4.90 Å². The van der Waals surface area contributed by atoms with Gasteiger partial charge in [-0.25, -0.2) is 17.6 Å². The molecule has 1 aromatic rings. The van der Waals surface area contributed by atoms with E-state index >= 15 is 0 Å². The molecule has 0 aromatic heterocycles. The summed E-state index contributed by atoms with van der Waals surface area (Å²) in [6.07, 6.45) is 0. The van der Waals surface area contributed by atoms with Crippen LogP contribution in [0.15, 0.2) is 23.1 Å². The van der Waals surface area contributed by atoms with Crippen LogP contribution in [0, 0.1) is 5.82 Å². The summed E-state index contributed by atoms with van der Waals surface area (Å²) in [5.41, 5.74) is -0.361. The number of hydrogen-bond acceptors (Lipinski definition) is 4. The maximum atomic E-state index is 13.6. The number of aromatic carboxylic acids is 1. The molecule has 0 radical (unpaired) electrons. The van der Waals surface area contributed by atoms with Crippen LogP contribution >= 0.6 is 0 Å². The van der Waals surface area contributed by atoms with Crippen LogP contribution in [0.25, 0.3) is 0 Å². The second-order valence-electron chi connectivity index (χ2n) is 4.81. The summed E-state index contributed by atoms with van der Waals surface area (Å²) in [6.45, 7) is 3.41. The van der Waals surface area contributed by atoms with Crippen LogP contribution in [0.5, 0.6) is 0 Å². The molecule has 8 heteroatoms. The molecule has 0 unspecified atom stereocenters. The fourth-order valence-electron chi connectivity index (χ4n) is 1.50. The summed E-state index contributed by atoms with van der Waals surface area (Å²) in [7, 11) is -2.82. The molecule has 0 atom stereocenters. The molecule has 0 fully saturated rings. The Morgan fingerprint density at radius 2 is 1.90 bits per heavy atom. The third-order valence-electron chi connectivity index (χ3n) is 2.99. The number of carbonyl (C=O) groups is 2. The van der Waals surface area contributed by atoms with Crippen LogP contribution in [0.1, 0.15) is 24.2 Å². The van der Waals surface area contributed by atoms with Gasteiger partial charge in [-0.1, -0.05) is 0 Å². The lowest BCUT2D eigenvalue weighted by atomic mass is 10.2. The van der Waals surface area contributed by atoms with Crippen molar-refractivity contribution in [3.05, 3.63) is 29.6 Å². The number of amides is 1. The lowest BCUT2D eigenvalue weighted by Gasteiger charge is -2.21. The number of carboxylic acid groups (broad SMARTS) is 1. The van der Waals surface area contributed by atoms with Crippen LogP contribution < -0.4 is 0 Å². The molecular weight excluding hydrogens is 301 g/mol. The first-order valence-electron chi connectivity index (χ1n) is 6.07. The highest BCUT2D eigenvalue weighted by Crippen LogP contribution is 2.18. The predicted octanol–water partition coefficient (Wildman–Crippen LogP) is 1.16. The molecule has 6 nitrogen and oxygen atoms in total. The quantitative estimate of drug-likeness (QED) is 0.880. The Bertz CT molecular complexity index is 669. The Hall–Kier alpha value is -1.96. The Morgan fingerprint density at radius 1 is 1.33 bits per heavy atom. The second-order valence-corrected chi connectivity index (χ2v) is 6.77. The number of benzene rings is 1. The lowest BCUT2D eigenvalue weighted by Crippen LogP contribution is -2.37. The number of nitrogens with zero attached hydrogens (tertiary/aromatic N) is 1. The molecule has 0 bridgehead atoms. The van der Waals surface area contributed by atoms with Gasteiger partial charge in [0.25, 0.3) is 0 Å². The van der Waals surface area contributed by atoms with Crippen molar-refractivity contribution in [3.8, 4) is 0 Å². The van der Waals surface area contributed by atoms with E-state index in [1.54, 1.807) is 13.8 Å². The summed E-state index contributed by atoms with van der Waals surface area (Å²) >= 11 is 0. The standard InChI is InChI=1S/C13H16FNO5S/c1-8(2)15(3)12(16)7-21(19,20)11-6-9(13(17)18)4-5-10(11)14/h4-6,8H,7H2,1-3H3,(H,17,18). The van der Waals surface area contributed by atoms with Gasteiger partial charge in [0.2, 0.25) is 5.91 Å². The Kier molecular flexibility index (Phi) is 5.06. The van der Waals surface area contributed by atoms with Gasteiger partial charge in [0.1, 0.15) is 16.5 Å². The molecule has 0 heterocycles. The van der Waals surface area contributed by atoms with Crippen molar-refractivity contribution in [3.63, 3.8) is 0 Å². The Morgan fingerprint density at radius 3 is 2.38 bits per heavy atom. The molecule has 116 valence electrons. The van der Waals surface area contributed by atoms with E-state index in [9.17, 15) is 22.4 Å². The minimum absolute atomic E-state index is 0.206. The number of carboxylic acids is 1. The Labute approximate surface area is 122 Å². The highest BCUT2D eigenvalue weighted by molar-refractivity contribution is 7.92. The molecule has 1 rings (SSSR count). The maximum absolute atomic E-state index is 13.6. The first-order chi connectivity index (χ1) is 9.56. The van der Waals surface area contributed by atoms with E-state index in [1.807, 2.05) is 0 Å². The second kappa shape index (κ2) is 6.21. The van der Waals surface area contributed by atoms with Crippen LogP contribution in [0.2, 0.25) is 0 Å². The van der Waals surface area contributed by atoms with Gasteiger partial charge in [-0.15, -0.1) is 0 Å². The summed E-state index contributed by atoms with van der Waals surface area (Å²) in [5, 5.41) is 8.82. The zero-order valence-electron chi connectivity index (χ0n) is 11.8. The van der Waals surface area contributed by atoms with E-state index in [2.05, 4.69) is 0 Å². The van der Waals surface area contributed by atoms with E-state index in [0.717, 1.165) is 18.2 Å². The van der Waals surface area contributed by atoms with Crippen LogP contribution in [-0.4, -0.2) is 49.1 Å². The molecule has 0 saturated carbocycles. The van der Waals surface area contributed by atoms with Gasteiger partial charge < -0.3 is 10.0 Å². The third-order valence-corrected chi connectivity index (χ3v) is 4.60. The largest absolute Gasteiger partial charge is 0.478 e. The smallest absolute Gasteiger partial charge is 0.335 e. The third kappa shape index (κ3) is 4.01. The molecule has 0 aliphatic heterocycles. The minimum Gasteiger partial charge on any atom is -0.478 e. The lowest BCUT2D eigenvalue weighted by molar-refractivity contribution is -0.128. The van der Waals surface area contributed by atoms with E-state index in [-0.39, 0.29) is 11.6 Å². The average Bonchev–Trinajstić information content (AvgIpc) is 2.36. The van der Waals surface area contributed by atoms with Gasteiger partial charge in [0.05, 0.1) is 5.56 Å². The molecule has 1 aromatic carbocycles. The number of sulfone groups is 1. The van der Waals surface area contributed by atoms with E-state index in [4.69, 9.17) is 5.11 Å². The summed E-state index contributed by atoms with van der Waals surface area (Å²) in [5.74, 6) is -4.07.